The molecule has 2 N–H and O–H groups in total. The second-order valence-corrected chi connectivity index (χ2v) is 7.30. The first-order valence-electron chi connectivity index (χ1n) is 10.9. The summed E-state index contributed by atoms with van der Waals surface area (Å²) in [5.74, 6) is 0.0496. The predicted molar refractivity (Wildman–Crippen MR) is 122 cm³/mol. The van der Waals surface area contributed by atoms with Crippen LogP contribution in [0.25, 0.3) is 0 Å². The van der Waals surface area contributed by atoms with Gasteiger partial charge < -0.3 is 25.0 Å². The largest absolute Gasteiger partial charge is 0.490 e. The highest BCUT2D eigenvalue weighted by atomic mass is 16.5. The number of para-hydroxylation sites is 2. The molecule has 2 aromatic rings. The molecule has 0 spiro atoms. The SMILES string of the molecule is CCOCCCNC(=O)c1cccc(NC(=O)CCC(=O)N2CCOc3ccccc32)c1. The van der Waals surface area contributed by atoms with Crippen molar-refractivity contribution in [3.63, 3.8) is 0 Å². The molecule has 0 bridgehead atoms. The number of benzene rings is 2. The van der Waals surface area contributed by atoms with Gasteiger partial charge >= 0.3 is 0 Å². The quantitative estimate of drug-likeness (QED) is 0.555. The summed E-state index contributed by atoms with van der Waals surface area (Å²) in [4.78, 5) is 39.0. The van der Waals surface area contributed by atoms with Crippen LogP contribution in [-0.2, 0) is 14.3 Å². The van der Waals surface area contributed by atoms with Crippen molar-refractivity contribution in [1.29, 1.82) is 0 Å². The first kappa shape index (κ1) is 23.3. The zero-order chi connectivity index (χ0) is 22.8. The van der Waals surface area contributed by atoms with Crippen LogP contribution in [0.2, 0.25) is 0 Å². The minimum atomic E-state index is -0.283. The van der Waals surface area contributed by atoms with Crippen LogP contribution < -0.4 is 20.3 Å². The van der Waals surface area contributed by atoms with Crippen molar-refractivity contribution in [2.75, 3.05) is 43.1 Å². The molecule has 0 atom stereocenters. The lowest BCUT2D eigenvalue weighted by Gasteiger charge is -2.29. The zero-order valence-electron chi connectivity index (χ0n) is 18.3. The minimum Gasteiger partial charge on any atom is -0.490 e. The lowest BCUT2D eigenvalue weighted by atomic mass is 10.1. The van der Waals surface area contributed by atoms with Crippen LogP contribution in [0.15, 0.2) is 48.5 Å². The molecule has 0 radical (unpaired) electrons. The van der Waals surface area contributed by atoms with E-state index in [9.17, 15) is 14.4 Å². The van der Waals surface area contributed by atoms with Crippen LogP contribution in [0.1, 0.15) is 36.5 Å². The summed E-state index contributed by atoms with van der Waals surface area (Å²) in [5, 5.41) is 5.60. The summed E-state index contributed by atoms with van der Waals surface area (Å²) in [6.07, 6.45) is 0.865. The molecule has 3 rings (SSSR count). The summed E-state index contributed by atoms with van der Waals surface area (Å²) in [6, 6.07) is 14.1. The predicted octanol–water partition coefficient (Wildman–Crippen LogP) is 2.99. The third-order valence-corrected chi connectivity index (χ3v) is 4.96. The number of anilines is 2. The van der Waals surface area contributed by atoms with Crippen molar-refractivity contribution in [3.05, 3.63) is 54.1 Å². The van der Waals surface area contributed by atoms with Crippen molar-refractivity contribution < 1.29 is 23.9 Å². The van der Waals surface area contributed by atoms with Gasteiger partial charge in [-0.05, 0) is 43.7 Å². The van der Waals surface area contributed by atoms with Gasteiger partial charge in [-0.25, -0.2) is 0 Å². The number of nitrogens with zero attached hydrogens (tertiary/aromatic N) is 1. The smallest absolute Gasteiger partial charge is 0.251 e. The van der Waals surface area contributed by atoms with Crippen molar-refractivity contribution in [2.45, 2.75) is 26.2 Å². The molecule has 32 heavy (non-hydrogen) atoms. The van der Waals surface area contributed by atoms with E-state index in [1.54, 1.807) is 29.2 Å². The van der Waals surface area contributed by atoms with Gasteiger partial charge in [0.1, 0.15) is 12.4 Å². The molecule has 0 saturated heterocycles. The Morgan fingerprint density at radius 3 is 2.78 bits per heavy atom. The summed E-state index contributed by atoms with van der Waals surface area (Å²) in [6.45, 7) is 4.58. The Morgan fingerprint density at radius 2 is 1.94 bits per heavy atom. The summed E-state index contributed by atoms with van der Waals surface area (Å²) < 4.78 is 10.8. The fraction of sp³-hybridized carbons (Fsp3) is 0.375. The Morgan fingerprint density at radius 1 is 1.09 bits per heavy atom. The number of amides is 3. The molecule has 1 heterocycles. The van der Waals surface area contributed by atoms with E-state index in [1.165, 1.54) is 0 Å². The maximum absolute atomic E-state index is 12.7. The number of rotatable bonds is 10. The number of carbonyl (C=O) groups excluding carboxylic acids is 3. The Labute approximate surface area is 187 Å². The average Bonchev–Trinajstić information content (AvgIpc) is 2.82. The Hall–Kier alpha value is -3.39. The Bertz CT molecular complexity index is 947. The van der Waals surface area contributed by atoms with Crippen LogP contribution in [0.3, 0.4) is 0 Å². The van der Waals surface area contributed by atoms with E-state index in [-0.39, 0.29) is 30.6 Å². The number of hydrogen-bond acceptors (Lipinski definition) is 5. The van der Waals surface area contributed by atoms with E-state index in [0.29, 0.717) is 49.9 Å². The first-order chi connectivity index (χ1) is 15.6. The van der Waals surface area contributed by atoms with E-state index in [2.05, 4.69) is 10.6 Å². The molecule has 170 valence electrons. The second-order valence-electron chi connectivity index (χ2n) is 7.30. The normalized spacial score (nSPS) is 12.5. The van der Waals surface area contributed by atoms with E-state index in [0.717, 1.165) is 12.1 Å². The van der Waals surface area contributed by atoms with Crippen LogP contribution in [0, 0.1) is 0 Å². The molecule has 8 nitrogen and oxygen atoms in total. The van der Waals surface area contributed by atoms with Gasteiger partial charge in [0.15, 0.2) is 0 Å². The van der Waals surface area contributed by atoms with Crippen molar-refractivity contribution >= 4 is 29.1 Å². The standard InChI is InChI=1S/C24H29N3O5/c1-2-31-15-6-13-25-24(30)18-7-5-8-19(17-18)26-22(28)11-12-23(29)27-14-16-32-21-10-4-3-9-20(21)27/h3-5,7-10,17H,2,6,11-16H2,1H3,(H,25,30)(H,26,28). The van der Waals surface area contributed by atoms with E-state index in [4.69, 9.17) is 9.47 Å². The van der Waals surface area contributed by atoms with Crippen molar-refractivity contribution in [1.82, 2.24) is 5.32 Å². The monoisotopic (exact) mass is 439 g/mol. The van der Waals surface area contributed by atoms with Crippen molar-refractivity contribution in [3.8, 4) is 5.75 Å². The topological polar surface area (TPSA) is 97.0 Å². The van der Waals surface area contributed by atoms with E-state index in [1.807, 2.05) is 31.2 Å². The summed E-state index contributed by atoms with van der Waals surface area (Å²) in [5.41, 5.74) is 1.70. The van der Waals surface area contributed by atoms with Gasteiger partial charge in [0, 0.05) is 43.9 Å². The molecule has 0 unspecified atom stereocenters. The molecule has 0 aromatic heterocycles. The number of nitrogens with one attached hydrogen (secondary N) is 2. The summed E-state index contributed by atoms with van der Waals surface area (Å²) in [7, 11) is 0. The van der Waals surface area contributed by atoms with Crippen LogP contribution in [0.5, 0.6) is 5.75 Å². The number of ether oxygens (including phenoxy) is 2. The number of carbonyl (C=O) groups is 3. The number of fused-ring (bicyclic) bond motifs is 1. The highest BCUT2D eigenvalue weighted by Crippen LogP contribution is 2.31. The van der Waals surface area contributed by atoms with Gasteiger partial charge in [0.05, 0.1) is 12.2 Å². The molecule has 2 aromatic carbocycles. The highest BCUT2D eigenvalue weighted by molar-refractivity contribution is 6.00. The fourth-order valence-corrected chi connectivity index (χ4v) is 3.37. The molecule has 1 aliphatic rings. The maximum atomic E-state index is 12.7. The first-order valence-corrected chi connectivity index (χ1v) is 10.9. The molecule has 0 fully saturated rings. The third-order valence-electron chi connectivity index (χ3n) is 4.96. The molecular weight excluding hydrogens is 410 g/mol. The average molecular weight is 440 g/mol. The van der Waals surface area contributed by atoms with Crippen LogP contribution >= 0.6 is 0 Å². The summed E-state index contributed by atoms with van der Waals surface area (Å²) >= 11 is 0. The van der Waals surface area contributed by atoms with Crippen molar-refractivity contribution in [2.24, 2.45) is 0 Å². The van der Waals surface area contributed by atoms with Gasteiger partial charge in [0.25, 0.3) is 5.91 Å². The minimum absolute atomic E-state index is 0.0478. The lowest BCUT2D eigenvalue weighted by Crippen LogP contribution is -2.38. The van der Waals surface area contributed by atoms with E-state index < -0.39 is 0 Å². The van der Waals surface area contributed by atoms with Gasteiger partial charge in [-0.2, -0.15) is 0 Å². The van der Waals surface area contributed by atoms with E-state index >= 15 is 0 Å². The molecule has 1 aliphatic heterocycles. The lowest BCUT2D eigenvalue weighted by molar-refractivity contribution is -0.122. The number of hydrogen-bond donors (Lipinski definition) is 2. The molecule has 0 aliphatic carbocycles. The Kier molecular flexibility index (Phi) is 8.62. The van der Waals surface area contributed by atoms with Gasteiger partial charge in [-0.1, -0.05) is 18.2 Å². The zero-order valence-corrected chi connectivity index (χ0v) is 18.3. The van der Waals surface area contributed by atoms with Gasteiger partial charge in [-0.15, -0.1) is 0 Å². The molecule has 0 saturated carbocycles. The second kappa shape index (κ2) is 11.9. The van der Waals surface area contributed by atoms with Crippen LogP contribution in [-0.4, -0.2) is 50.6 Å². The Balaban J connectivity index is 1.47. The molecular formula is C24H29N3O5. The van der Waals surface area contributed by atoms with Gasteiger partial charge in [0.2, 0.25) is 11.8 Å². The third kappa shape index (κ3) is 6.55. The van der Waals surface area contributed by atoms with Gasteiger partial charge in [-0.3, -0.25) is 14.4 Å². The highest BCUT2D eigenvalue weighted by Gasteiger charge is 2.23. The molecule has 8 heteroatoms. The fourth-order valence-electron chi connectivity index (χ4n) is 3.37. The molecule has 3 amide bonds. The maximum Gasteiger partial charge on any atom is 0.251 e. The van der Waals surface area contributed by atoms with Crippen LogP contribution in [0.4, 0.5) is 11.4 Å².